The second-order valence-corrected chi connectivity index (χ2v) is 5.53. The van der Waals surface area contributed by atoms with Crippen molar-refractivity contribution in [2.24, 2.45) is 5.92 Å². The molecule has 0 fully saturated rings. The van der Waals surface area contributed by atoms with Crippen molar-refractivity contribution in [2.45, 2.75) is 27.2 Å². The zero-order valence-corrected chi connectivity index (χ0v) is 12.2. The van der Waals surface area contributed by atoms with E-state index in [4.69, 9.17) is 0 Å². The Morgan fingerprint density at radius 2 is 1.94 bits per heavy atom. The second kappa shape index (κ2) is 6.97. The maximum atomic E-state index is 2.54. The average Bonchev–Trinajstić information content (AvgIpc) is 2.26. The molecular weight excluding hydrogens is 208 g/mol. The number of likely N-dealkylation sites (N-methyl/N-ethyl adjacent to an activating group) is 2. The lowest BCUT2D eigenvalue weighted by molar-refractivity contribution is 0.261. The highest BCUT2D eigenvalue weighted by molar-refractivity contribution is 5.26. The monoisotopic (exact) mass is 236 g/mol. The highest BCUT2D eigenvalue weighted by Crippen LogP contribution is 2.24. The highest BCUT2D eigenvalue weighted by atomic mass is 15.2. The summed E-state index contributed by atoms with van der Waals surface area (Å²) in [5, 5.41) is 0. The molecule has 17 heavy (non-hydrogen) atoms. The Morgan fingerprint density at radius 3 is 2.47 bits per heavy atom. The molecule has 1 rings (SSSR count). The summed E-state index contributed by atoms with van der Waals surface area (Å²) in [6.45, 7) is 11.4. The van der Waals surface area contributed by atoms with Gasteiger partial charge in [0.2, 0.25) is 0 Å². The van der Waals surface area contributed by atoms with Crippen LogP contribution in [0.1, 0.15) is 27.2 Å². The molecule has 98 valence electrons. The molecule has 2 heteroatoms. The number of allylic oxidation sites excluding steroid dienone is 3. The molecule has 0 aromatic rings. The third kappa shape index (κ3) is 5.05. The third-order valence-corrected chi connectivity index (χ3v) is 3.56. The van der Waals surface area contributed by atoms with Crippen molar-refractivity contribution < 1.29 is 0 Å². The lowest BCUT2D eigenvalue weighted by atomic mass is 9.89. The fourth-order valence-electron chi connectivity index (χ4n) is 2.25. The van der Waals surface area contributed by atoms with E-state index in [1.54, 1.807) is 5.57 Å². The average molecular weight is 236 g/mol. The van der Waals surface area contributed by atoms with Crippen molar-refractivity contribution >= 4 is 0 Å². The van der Waals surface area contributed by atoms with Gasteiger partial charge in [0.15, 0.2) is 0 Å². The molecule has 0 heterocycles. The molecule has 1 aliphatic rings. The van der Waals surface area contributed by atoms with Crippen molar-refractivity contribution in [3.8, 4) is 0 Å². The first-order chi connectivity index (χ1) is 8.02. The Hall–Kier alpha value is -0.600. The molecule has 2 nitrogen and oxygen atoms in total. The molecule has 1 aliphatic carbocycles. The quantitative estimate of drug-likeness (QED) is 0.700. The molecule has 0 aliphatic heterocycles. The Bertz CT molecular complexity index is 289. The number of nitrogens with zero attached hydrogens (tertiary/aromatic N) is 2. The minimum Gasteiger partial charge on any atom is -0.308 e. The predicted octanol–water partition coefficient (Wildman–Crippen LogP) is 2.78. The van der Waals surface area contributed by atoms with Gasteiger partial charge in [0.1, 0.15) is 0 Å². The number of hydrogen-bond acceptors (Lipinski definition) is 2. The van der Waals surface area contributed by atoms with E-state index in [1.807, 2.05) is 0 Å². The van der Waals surface area contributed by atoms with E-state index >= 15 is 0 Å². The smallest absolute Gasteiger partial charge is 0.0199 e. The van der Waals surface area contributed by atoms with Crippen LogP contribution in [0.3, 0.4) is 0 Å². The van der Waals surface area contributed by atoms with Gasteiger partial charge in [-0.05, 0) is 39.9 Å². The molecular formula is C15H28N2. The van der Waals surface area contributed by atoms with E-state index in [0.717, 1.165) is 26.2 Å². The normalized spacial score (nSPS) is 20.8. The molecule has 0 aromatic heterocycles. The number of hydrogen-bond donors (Lipinski definition) is 0. The summed E-state index contributed by atoms with van der Waals surface area (Å²) in [6.07, 6.45) is 5.86. The molecule has 0 amide bonds. The Kier molecular flexibility index (Phi) is 5.93. The minimum absolute atomic E-state index is 0.716. The van der Waals surface area contributed by atoms with Gasteiger partial charge in [-0.25, -0.2) is 0 Å². The fourth-order valence-corrected chi connectivity index (χ4v) is 2.25. The molecule has 0 bridgehead atoms. The van der Waals surface area contributed by atoms with E-state index in [9.17, 15) is 0 Å². The predicted molar refractivity (Wildman–Crippen MR) is 76.3 cm³/mol. The van der Waals surface area contributed by atoms with E-state index < -0.39 is 0 Å². The lowest BCUT2D eigenvalue weighted by Crippen LogP contribution is -2.34. The van der Waals surface area contributed by atoms with Crippen LogP contribution in [0.5, 0.6) is 0 Å². The van der Waals surface area contributed by atoms with Gasteiger partial charge in [0.05, 0.1) is 0 Å². The summed E-state index contributed by atoms with van der Waals surface area (Å²) in [7, 11) is 4.28. The van der Waals surface area contributed by atoms with Crippen molar-refractivity contribution in [2.75, 3.05) is 40.3 Å². The van der Waals surface area contributed by atoms with Crippen molar-refractivity contribution in [1.82, 2.24) is 9.80 Å². The highest BCUT2D eigenvalue weighted by Gasteiger charge is 2.15. The molecule has 0 N–H and O–H groups in total. The summed E-state index contributed by atoms with van der Waals surface area (Å²) >= 11 is 0. The minimum atomic E-state index is 0.716. The van der Waals surface area contributed by atoms with Crippen molar-refractivity contribution in [3.63, 3.8) is 0 Å². The van der Waals surface area contributed by atoms with Gasteiger partial charge in [-0.1, -0.05) is 37.1 Å². The van der Waals surface area contributed by atoms with Crippen LogP contribution in [0, 0.1) is 5.92 Å². The van der Waals surface area contributed by atoms with Crippen LogP contribution in [0.4, 0.5) is 0 Å². The lowest BCUT2D eigenvalue weighted by Gasteiger charge is -2.28. The van der Waals surface area contributed by atoms with E-state index in [0.29, 0.717) is 5.92 Å². The van der Waals surface area contributed by atoms with Crippen LogP contribution in [0.2, 0.25) is 0 Å². The van der Waals surface area contributed by atoms with Crippen LogP contribution < -0.4 is 0 Å². The molecule has 0 spiro atoms. The maximum Gasteiger partial charge on any atom is 0.0199 e. The molecule has 0 radical (unpaired) electrons. The first-order valence-electron chi connectivity index (χ1n) is 6.76. The second-order valence-electron chi connectivity index (χ2n) is 5.53. The molecule has 1 unspecified atom stereocenters. The van der Waals surface area contributed by atoms with Crippen LogP contribution in [0.25, 0.3) is 0 Å². The summed E-state index contributed by atoms with van der Waals surface area (Å²) in [4.78, 5) is 4.79. The zero-order valence-electron chi connectivity index (χ0n) is 12.2. The van der Waals surface area contributed by atoms with Crippen LogP contribution in [-0.4, -0.2) is 50.1 Å². The van der Waals surface area contributed by atoms with Gasteiger partial charge >= 0.3 is 0 Å². The summed E-state index contributed by atoms with van der Waals surface area (Å²) in [5.41, 5.74) is 3.11. The van der Waals surface area contributed by atoms with Gasteiger partial charge in [-0.2, -0.15) is 0 Å². The first-order valence-corrected chi connectivity index (χ1v) is 6.76. The van der Waals surface area contributed by atoms with E-state index in [-0.39, 0.29) is 0 Å². The van der Waals surface area contributed by atoms with Crippen molar-refractivity contribution in [1.29, 1.82) is 0 Å². The maximum absolute atomic E-state index is 2.54. The topological polar surface area (TPSA) is 6.48 Å². The molecule has 0 saturated carbocycles. The SMILES string of the molecule is CCN(CCN(C)C)CC1=CC=C(C)CC1C. The van der Waals surface area contributed by atoms with Gasteiger partial charge < -0.3 is 4.90 Å². The number of rotatable bonds is 6. The largest absolute Gasteiger partial charge is 0.308 e. The molecule has 0 saturated heterocycles. The Balaban J connectivity index is 2.50. The summed E-state index contributed by atoms with van der Waals surface area (Å²) in [5.74, 6) is 0.716. The van der Waals surface area contributed by atoms with Crippen LogP contribution >= 0.6 is 0 Å². The zero-order chi connectivity index (χ0) is 12.8. The van der Waals surface area contributed by atoms with Gasteiger partial charge in [-0.15, -0.1) is 0 Å². The van der Waals surface area contributed by atoms with Crippen molar-refractivity contribution in [3.05, 3.63) is 23.3 Å². The van der Waals surface area contributed by atoms with E-state index in [1.165, 1.54) is 12.0 Å². The van der Waals surface area contributed by atoms with Crippen LogP contribution in [-0.2, 0) is 0 Å². The summed E-state index contributed by atoms with van der Waals surface area (Å²) < 4.78 is 0. The molecule has 0 aromatic carbocycles. The van der Waals surface area contributed by atoms with Gasteiger partial charge in [0.25, 0.3) is 0 Å². The standard InChI is InChI=1S/C15H28N2/c1-6-17(10-9-16(4)5)12-15-8-7-13(2)11-14(15)3/h7-8,14H,6,9-12H2,1-5H3. The summed E-state index contributed by atoms with van der Waals surface area (Å²) in [6, 6.07) is 0. The van der Waals surface area contributed by atoms with Gasteiger partial charge in [0, 0.05) is 19.6 Å². The van der Waals surface area contributed by atoms with E-state index in [2.05, 4.69) is 56.8 Å². The first kappa shape index (κ1) is 14.5. The third-order valence-electron chi connectivity index (χ3n) is 3.56. The van der Waals surface area contributed by atoms with Crippen LogP contribution in [0.15, 0.2) is 23.3 Å². The fraction of sp³-hybridized carbons (Fsp3) is 0.733. The molecule has 1 atom stereocenters. The Morgan fingerprint density at radius 1 is 1.24 bits per heavy atom. The van der Waals surface area contributed by atoms with Gasteiger partial charge in [-0.3, -0.25) is 4.90 Å². The Labute approximate surface area is 107 Å².